The van der Waals surface area contributed by atoms with Crippen LogP contribution in [0.2, 0.25) is 0 Å². The number of allylic oxidation sites excluding steroid dienone is 2. The third-order valence-corrected chi connectivity index (χ3v) is 2.25. The zero-order valence-corrected chi connectivity index (χ0v) is 7.74. The lowest BCUT2D eigenvalue weighted by Crippen LogP contribution is -2.32. The summed E-state index contributed by atoms with van der Waals surface area (Å²) in [6.45, 7) is 3.63. The summed E-state index contributed by atoms with van der Waals surface area (Å²) in [7, 11) is 0. The van der Waals surface area contributed by atoms with Crippen molar-refractivity contribution in [2.75, 3.05) is 26.3 Å². The summed E-state index contributed by atoms with van der Waals surface area (Å²) in [6, 6.07) is 0. The molecule has 1 fully saturated rings. The number of nitrogens with zero attached hydrogens (tertiary/aromatic N) is 1. The van der Waals surface area contributed by atoms with Crippen molar-refractivity contribution in [1.29, 1.82) is 0 Å². The second-order valence-corrected chi connectivity index (χ2v) is 3.27. The van der Waals surface area contributed by atoms with Crippen LogP contribution >= 0.6 is 0 Å². The molecule has 2 aliphatic heterocycles. The topological polar surface area (TPSA) is 21.7 Å². The zero-order chi connectivity index (χ0) is 8.93. The van der Waals surface area contributed by atoms with Crippen LogP contribution in [0.5, 0.6) is 0 Å². The predicted octanol–water partition coefficient (Wildman–Crippen LogP) is 1.48. The van der Waals surface area contributed by atoms with Crippen LogP contribution in [0.3, 0.4) is 0 Å². The molecule has 0 aromatic rings. The Morgan fingerprint density at radius 3 is 2.85 bits per heavy atom. The van der Waals surface area contributed by atoms with E-state index in [0.29, 0.717) is 0 Å². The molecule has 2 heterocycles. The van der Waals surface area contributed by atoms with Crippen LogP contribution in [-0.2, 0) is 9.47 Å². The molecule has 0 atom stereocenters. The molecule has 0 aromatic carbocycles. The van der Waals surface area contributed by atoms with Crippen molar-refractivity contribution in [3.05, 3.63) is 24.3 Å². The first kappa shape index (κ1) is 8.63. The molecule has 13 heavy (non-hydrogen) atoms. The van der Waals surface area contributed by atoms with Crippen molar-refractivity contribution < 1.29 is 9.47 Å². The lowest BCUT2D eigenvalue weighted by atomic mass is 10.2. The molecule has 0 bridgehead atoms. The third-order valence-electron chi connectivity index (χ3n) is 2.25. The van der Waals surface area contributed by atoms with Crippen molar-refractivity contribution in [2.45, 2.75) is 12.8 Å². The molecule has 2 rings (SSSR count). The summed E-state index contributed by atoms with van der Waals surface area (Å²) in [5, 5.41) is 0. The van der Waals surface area contributed by atoms with E-state index in [1.807, 2.05) is 0 Å². The van der Waals surface area contributed by atoms with Gasteiger partial charge in [0.15, 0.2) is 0 Å². The Morgan fingerprint density at radius 2 is 2.15 bits per heavy atom. The average Bonchev–Trinajstić information content (AvgIpc) is 2.21. The van der Waals surface area contributed by atoms with Crippen LogP contribution in [-0.4, -0.2) is 31.2 Å². The summed E-state index contributed by atoms with van der Waals surface area (Å²) >= 11 is 0. The van der Waals surface area contributed by atoms with Crippen LogP contribution < -0.4 is 0 Å². The minimum atomic E-state index is 0.833. The van der Waals surface area contributed by atoms with Gasteiger partial charge < -0.3 is 14.4 Å². The summed E-state index contributed by atoms with van der Waals surface area (Å²) in [5.41, 5.74) is 0. The van der Waals surface area contributed by atoms with Crippen molar-refractivity contribution in [1.82, 2.24) is 4.90 Å². The molecule has 0 saturated carbocycles. The maximum Gasteiger partial charge on any atom is 0.119 e. The highest BCUT2D eigenvalue weighted by atomic mass is 16.5. The van der Waals surface area contributed by atoms with Gasteiger partial charge in [-0.1, -0.05) is 0 Å². The maximum absolute atomic E-state index is 5.38. The molecule has 3 nitrogen and oxygen atoms in total. The number of ether oxygens (including phenoxy) is 2. The largest absolute Gasteiger partial charge is 0.468 e. The number of morpholine rings is 1. The second kappa shape index (κ2) is 4.33. The van der Waals surface area contributed by atoms with Gasteiger partial charge in [0, 0.05) is 25.7 Å². The van der Waals surface area contributed by atoms with Gasteiger partial charge in [0.2, 0.25) is 0 Å². The average molecular weight is 181 g/mol. The van der Waals surface area contributed by atoms with Gasteiger partial charge in [0.25, 0.3) is 0 Å². The molecule has 0 spiro atoms. The Balaban J connectivity index is 1.89. The first-order chi connectivity index (χ1) is 6.45. The van der Waals surface area contributed by atoms with Gasteiger partial charge in [-0.25, -0.2) is 0 Å². The predicted molar refractivity (Wildman–Crippen MR) is 49.9 cm³/mol. The molecular weight excluding hydrogens is 166 g/mol. The van der Waals surface area contributed by atoms with Crippen molar-refractivity contribution in [3.8, 4) is 0 Å². The van der Waals surface area contributed by atoms with Gasteiger partial charge >= 0.3 is 0 Å². The molecule has 3 heteroatoms. The van der Waals surface area contributed by atoms with Crippen molar-refractivity contribution in [3.63, 3.8) is 0 Å². The zero-order valence-electron chi connectivity index (χ0n) is 7.74. The highest BCUT2D eigenvalue weighted by Crippen LogP contribution is 2.15. The Bertz CT molecular complexity index is 217. The fourth-order valence-electron chi connectivity index (χ4n) is 1.49. The van der Waals surface area contributed by atoms with Crippen LogP contribution in [0.4, 0.5) is 0 Å². The van der Waals surface area contributed by atoms with E-state index < -0.39 is 0 Å². The molecule has 0 aliphatic carbocycles. The first-order valence-electron chi connectivity index (χ1n) is 4.79. The quantitative estimate of drug-likeness (QED) is 0.611. The van der Waals surface area contributed by atoms with E-state index in [1.54, 1.807) is 6.26 Å². The molecular formula is C10H15NO2. The van der Waals surface area contributed by atoms with Crippen LogP contribution in [0.1, 0.15) is 12.8 Å². The van der Waals surface area contributed by atoms with Gasteiger partial charge in [0.05, 0.1) is 19.5 Å². The molecule has 0 N–H and O–H groups in total. The first-order valence-corrected chi connectivity index (χ1v) is 4.79. The van der Waals surface area contributed by atoms with E-state index in [0.717, 1.165) is 44.9 Å². The number of hydrogen-bond donors (Lipinski definition) is 0. The molecule has 72 valence electrons. The van der Waals surface area contributed by atoms with Crippen LogP contribution in [0, 0.1) is 0 Å². The SMILES string of the molecule is C1=CO/C(=C/N2CCOCC2)CC1. The van der Waals surface area contributed by atoms with E-state index in [1.165, 1.54) is 0 Å². The van der Waals surface area contributed by atoms with Gasteiger partial charge in [-0.2, -0.15) is 0 Å². The second-order valence-electron chi connectivity index (χ2n) is 3.27. The molecule has 0 radical (unpaired) electrons. The number of rotatable bonds is 1. The monoisotopic (exact) mass is 181 g/mol. The fourth-order valence-corrected chi connectivity index (χ4v) is 1.49. The Kier molecular flexibility index (Phi) is 2.87. The van der Waals surface area contributed by atoms with Crippen molar-refractivity contribution >= 4 is 0 Å². The molecule has 0 aromatic heterocycles. The Morgan fingerprint density at radius 1 is 1.31 bits per heavy atom. The minimum absolute atomic E-state index is 0.833. The van der Waals surface area contributed by atoms with Crippen LogP contribution in [0.15, 0.2) is 24.3 Å². The summed E-state index contributed by atoms with van der Waals surface area (Å²) < 4.78 is 10.6. The Labute approximate surface area is 78.6 Å². The molecule has 0 unspecified atom stereocenters. The van der Waals surface area contributed by atoms with Gasteiger partial charge in [0.1, 0.15) is 5.76 Å². The smallest absolute Gasteiger partial charge is 0.119 e. The standard InChI is InChI=1S/C10H15NO2/c1-2-6-13-10(3-1)9-11-4-7-12-8-5-11/h2,6,9H,1,3-5,7-8H2/b10-9+. The Hall–Kier alpha value is -0.960. The highest BCUT2D eigenvalue weighted by Gasteiger charge is 2.09. The lowest BCUT2D eigenvalue weighted by Gasteiger charge is -2.26. The van der Waals surface area contributed by atoms with Crippen LogP contribution in [0.25, 0.3) is 0 Å². The fraction of sp³-hybridized carbons (Fsp3) is 0.600. The van der Waals surface area contributed by atoms with E-state index in [9.17, 15) is 0 Å². The lowest BCUT2D eigenvalue weighted by molar-refractivity contribution is 0.0573. The van der Waals surface area contributed by atoms with E-state index in [-0.39, 0.29) is 0 Å². The van der Waals surface area contributed by atoms with Gasteiger partial charge in [-0.3, -0.25) is 0 Å². The van der Waals surface area contributed by atoms with Crippen molar-refractivity contribution in [2.24, 2.45) is 0 Å². The highest BCUT2D eigenvalue weighted by molar-refractivity contribution is 5.01. The summed E-state index contributed by atoms with van der Waals surface area (Å²) in [4.78, 5) is 2.26. The summed E-state index contributed by atoms with van der Waals surface area (Å²) in [6.07, 6.45) is 8.06. The molecule has 2 aliphatic rings. The van der Waals surface area contributed by atoms with Gasteiger partial charge in [-0.15, -0.1) is 0 Å². The van der Waals surface area contributed by atoms with Gasteiger partial charge in [-0.05, 0) is 12.5 Å². The maximum atomic E-state index is 5.38. The van der Waals surface area contributed by atoms with E-state index >= 15 is 0 Å². The normalized spacial score (nSPS) is 26.2. The minimum Gasteiger partial charge on any atom is -0.468 e. The summed E-state index contributed by atoms with van der Waals surface area (Å²) in [5.74, 6) is 1.07. The van der Waals surface area contributed by atoms with E-state index in [2.05, 4.69) is 17.2 Å². The molecule has 1 saturated heterocycles. The van der Waals surface area contributed by atoms with E-state index in [4.69, 9.17) is 9.47 Å². The number of hydrogen-bond acceptors (Lipinski definition) is 3. The molecule has 0 amide bonds. The third kappa shape index (κ3) is 2.49.